The van der Waals surface area contributed by atoms with E-state index in [4.69, 9.17) is 14.2 Å². The van der Waals surface area contributed by atoms with Gasteiger partial charge in [0, 0.05) is 10.9 Å². The molecule has 3 rings (SSSR count). The minimum Gasteiger partial charge on any atom is -0.493 e. The van der Waals surface area contributed by atoms with E-state index in [9.17, 15) is 9.59 Å². The number of esters is 1. The Hall–Kier alpha value is -2.87. The third kappa shape index (κ3) is 4.65. The van der Waals surface area contributed by atoms with Crippen LogP contribution in [-0.2, 0) is 23.8 Å². The minimum absolute atomic E-state index is 0.0456. The number of carbonyl (C=O) groups is 2. The average molecular weight is 388 g/mol. The van der Waals surface area contributed by atoms with Crippen LogP contribution in [0.25, 0.3) is 11.3 Å². The third-order valence-corrected chi connectivity index (χ3v) is 4.81. The predicted molar refractivity (Wildman–Crippen MR) is 101 cm³/mol. The molecular formula is C19H20N2O5S. The Bertz CT molecular complexity index is 904. The first kappa shape index (κ1) is 18.9. The van der Waals surface area contributed by atoms with E-state index >= 15 is 0 Å². The average Bonchev–Trinajstić information content (AvgIpc) is 3.11. The smallest absolute Gasteiger partial charge is 0.377 e. The Morgan fingerprint density at radius 1 is 1.19 bits per heavy atom. The molecule has 142 valence electrons. The molecule has 0 saturated heterocycles. The molecule has 7 nitrogen and oxygen atoms in total. The zero-order valence-electron chi connectivity index (χ0n) is 15.3. The lowest BCUT2D eigenvalue weighted by molar-refractivity contribution is -0.148. The van der Waals surface area contributed by atoms with Gasteiger partial charge in [0.1, 0.15) is 19.5 Å². The summed E-state index contributed by atoms with van der Waals surface area (Å²) in [5.41, 5.74) is 5.36. The van der Waals surface area contributed by atoms with E-state index in [-0.39, 0.29) is 12.4 Å². The summed E-state index contributed by atoms with van der Waals surface area (Å²) in [7, 11) is 0. The van der Waals surface area contributed by atoms with Gasteiger partial charge in [-0.1, -0.05) is 6.07 Å². The fraction of sp³-hybridized carbons (Fsp3) is 0.316. The molecule has 1 aliphatic heterocycles. The van der Waals surface area contributed by atoms with Crippen molar-refractivity contribution >= 4 is 28.3 Å². The largest absolute Gasteiger partial charge is 0.493 e. The monoisotopic (exact) mass is 388 g/mol. The Morgan fingerprint density at radius 3 is 2.70 bits per heavy atom. The second-order valence-electron chi connectivity index (χ2n) is 6.11. The van der Waals surface area contributed by atoms with Gasteiger partial charge in [-0.3, -0.25) is 10.1 Å². The van der Waals surface area contributed by atoms with Gasteiger partial charge in [0.15, 0.2) is 11.7 Å². The zero-order valence-corrected chi connectivity index (χ0v) is 16.1. The number of carbonyl (C=O) groups excluding carboxylic acids is 2. The van der Waals surface area contributed by atoms with E-state index in [0.717, 1.165) is 16.8 Å². The van der Waals surface area contributed by atoms with Crippen molar-refractivity contribution in [2.45, 2.75) is 20.8 Å². The summed E-state index contributed by atoms with van der Waals surface area (Å²) in [6.07, 6.45) is 1.18. The van der Waals surface area contributed by atoms with Gasteiger partial charge < -0.3 is 14.2 Å². The maximum atomic E-state index is 12.0. The molecule has 1 aromatic carbocycles. The van der Waals surface area contributed by atoms with E-state index in [1.165, 1.54) is 28.7 Å². The Kier molecular flexibility index (Phi) is 5.75. The number of rotatable bonds is 5. The number of anilines is 1. The van der Waals surface area contributed by atoms with Crippen LogP contribution in [0.3, 0.4) is 0 Å². The van der Waals surface area contributed by atoms with Gasteiger partial charge in [0.05, 0.1) is 5.69 Å². The van der Waals surface area contributed by atoms with Crippen molar-refractivity contribution in [2.24, 2.45) is 0 Å². The van der Waals surface area contributed by atoms with Crippen molar-refractivity contribution in [3.63, 3.8) is 0 Å². The maximum absolute atomic E-state index is 12.0. The molecule has 0 spiro atoms. The Labute approximate surface area is 161 Å². The van der Waals surface area contributed by atoms with Crippen LogP contribution in [0.1, 0.15) is 16.7 Å². The summed E-state index contributed by atoms with van der Waals surface area (Å²) < 4.78 is 15.0. The van der Waals surface area contributed by atoms with Crippen molar-refractivity contribution in [1.82, 2.24) is 4.98 Å². The molecule has 0 bridgehead atoms. The fourth-order valence-corrected chi connectivity index (χ4v) is 3.25. The van der Waals surface area contributed by atoms with Crippen molar-refractivity contribution in [3.8, 4) is 11.3 Å². The highest BCUT2D eigenvalue weighted by atomic mass is 32.1. The zero-order chi connectivity index (χ0) is 19.4. The number of amides is 1. The van der Waals surface area contributed by atoms with E-state index in [1.54, 1.807) is 0 Å². The molecular weight excluding hydrogens is 368 g/mol. The highest BCUT2D eigenvalue weighted by Crippen LogP contribution is 2.29. The number of aryl methyl sites for hydroxylation is 3. The van der Waals surface area contributed by atoms with Crippen molar-refractivity contribution in [3.05, 3.63) is 46.2 Å². The number of thiazole rings is 1. The van der Waals surface area contributed by atoms with Crippen LogP contribution in [0.4, 0.5) is 5.13 Å². The predicted octanol–water partition coefficient (Wildman–Crippen LogP) is 3.11. The summed E-state index contributed by atoms with van der Waals surface area (Å²) in [4.78, 5) is 28.2. The number of hydrogen-bond acceptors (Lipinski definition) is 7. The highest BCUT2D eigenvalue weighted by molar-refractivity contribution is 7.14. The standard InChI is InChI=1S/C19H20N2O5S/c1-11-6-13(3)14(7-12(11)2)15-10-27-19(20-15)21-17(22)9-26-18(23)16-8-24-4-5-25-16/h6-8,10H,4-5,9H2,1-3H3,(H,20,21,22). The number of aromatic nitrogens is 1. The summed E-state index contributed by atoms with van der Waals surface area (Å²) in [5, 5.41) is 4.97. The number of nitrogens with one attached hydrogen (secondary N) is 1. The molecule has 1 aromatic heterocycles. The lowest BCUT2D eigenvalue weighted by Crippen LogP contribution is -2.23. The summed E-state index contributed by atoms with van der Waals surface area (Å²) in [6, 6.07) is 4.21. The van der Waals surface area contributed by atoms with Crippen LogP contribution < -0.4 is 5.32 Å². The molecule has 2 heterocycles. The van der Waals surface area contributed by atoms with Gasteiger partial charge in [0.2, 0.25) is 5.76 Å². The molecule has 0 fully saturated rings. The molecule has 1 N–H and O–H groups in total. The first-order chi connectivity index (χ1) is 12.9. The Balaban J connectivity index is 1.59. The molecule has 8 heteroatoms. The van der Waals surface area contributed by atoms with E-state index in [0.29, 0.717) is 11.7 Å². The summed E-state index contributed by atoms with van der Waals surface area (Å²) in [5.74, 6) is -1.26. The van der Waals surface area contributed by atoms with Crippen LogP contribution >= 0.6 is 11.3 Å². The summed E-state index contributed by atoms with van der Waals surface area (Å²) in [6.45, 7) is 6.37. The molecule has 0 atom stereocenters. The molecule has 0 saturated carbocycles. The van der Waals surface area contributed by atoms with Crippen molar-refractivity contribution in [1.29, 1.82) is 0 Å². The number of nitrogens with zero attached hydrogens (tertiary/aromatic N) is 1. The lowest BCUT2D eigenvalue weighted by atomic mass is 9.99. The van der Waals surface area contributed by atoms with Crippen molar-refractivity contribution < 1.29 is 23.8 Å². The van der Waals surface area contributed by atoms with E-state index in [1.807, 2.05) is 12.3 Å². The van der Waals surface area contributed by atoms with Gasteiger partial charge in [-0.25, -0.2) is 9.78 Å². The molecule has 0 unspecified atom stereocenters. The fourth-order valence-electron chi connectivity index (χ4n) is 2.52. The normalized spacial score (nSPS) is 13.2. The molecule has 0 radical (unpaired) electrons. The third-order valence-electron chi connectivity index (χ3n) is 4.05. The highest BCUT2D eigenvalue weighted by Gasteiger charge is 2.18. The molecule has 27 heavy (non-hydrogen) atoms. The quantitative estimate of drug-likeness (QED) is 0.792. The second kappa shape index (κ2) is 8.22. The van der Waals surface area contributed by atoms with Crippen molar-refractivity contribution in [2.75, 3.05) is 25.1 Å². The van der Waals surface area contributed by atoms with Crippen LogP contribution in [0.15, 0.2) is 29.5 Å². The molecule has 1 aliphatic rings. The van der Waals surface area contributed by atoms with E-state index in [2.05, 4.69) is 36.3 Å². The molecule has 1 amide bonds. The minimum atomic E-state index is -0.740. The van der Waals surface area contributed by atoms with Gasteiger partial charge in [-0.15, -0.1) is 11.3 Å². The summed E-state index contributed by atoms with van der Waals surface area (Å²) >= 11 is 1.31. The molecule has 2 aromatic rings. The van der Waals surface area contributed by atoms with Crippen LogP contribution in [0, 0.1) is 20.8 Å². The van der Waals surface area contributed by atoms with Gasteiger partial charge in [-0.05, 0) is 43.5 Å². The first-order valence-corrected chi connectivity index (χ1v) is 9.27. The van der Waals surface area contributed by atoms with Gasteiger partial charge in [-0.2, -0.15) is 0 Å². The second-order valence-corrected chi connectivity index (χ2v) is 6.97. The maximum Gasteiger partial charge on any atom is 0.377 e. The van der Waals surface area contributed by atoms with Crippen LogP contribution in [0.2, 0.25) is 0 Å². The van der Waals surface area contributed by atoms with Gasteiger partial charge in [0.25, 0.3) is 5.91 Å². The van der Waals surface area contributed by atoms with Gasteiger partial charge >= 0.3 is 5.97 Å². The lowest BCUT2D eigenvalue weighted by Gasteiger charge is -2.14. The SMILES string of the molecule is Cc1cc(C)c(-c2csc(NC(=O)COC(=O)C3=COCCO3)n2)cc1C. The number of hydrogen-bond donors (Lipinski definition) is 1. The van der Waals surface area contributed by atoms with E-state index < -0.39 is 18.5 Å². The number of benzene rings is 1. The Morgan fingerprint density at radius 2 is 1.96 bits per heavy atom. The first-order valence-electron chi connectivity index (χ1n) is 8.39. The van der Waals surface area contributed by atoms with Crippen LogP contribution in [0.5, 0.6) is 0 Å². The number of ether oxygens (including phenoxy) is 3. The van der Waals surface area contributed by atoms with Crippen LogP contribution in [-0.4, -0.2) is 36.7 Å². The molecule has 0 aliphatic carbocycles. The topological polar surface area (TPSA) is 86.8 Å².